The quantitative estimate of drug-likeness (QED) is 0.469. The van der Waals surface area contributed by atoms with E-state index in [0.29, 0.717) is 23.7 Å². The Morgan fingerprint density at radius 3 is 2.50 bits per heavy atom. The molecule has 0 aliphatic heterocycles. The van der Waals surface area contributed by atoms with Gasteiger partial charge in [0.05, 0.1) is 17.2 Å². The molecular formula is C23H19F4N3O4. The highest BCUT2D eigenvalue weighted by Gasteiger charge is 2.53. The lowest BCUT2D eigenvalue weighted by Crippen LogP contribution is -2.29. The number of alkyl halides is 3. The summed E-state index contributed by atoms with van der Waals surface area (Å²) >= 11 is 0. The molecule has 0 saturated heterocycles. The maximum atomic E-state index is 14.6. The second-order valence-corrected chi connectivity index (χ2v) is 7.88. The fourth-order valence-electron chi connectivity index (χ4n) is 3.80. The Kier molecular flexibility index (Phi) is 5.80. The van der Waals surface area contributed by atoms with Crippen LogP contribution in [0.4, 0.5) is 23.2 Å². The van der Waals surface area contributed by atoms with Crippen LogP contribution in [0.1, 0.15) is 35.7 Å². The topological polar surface area (TPSA) is 93.5 Å². The van der Waals surface area contributed by atoms with Gasteiger partial charge in [0, 0.05) is 35.6 Å². The van der Waals surface area contributed by atoms with Gasteiger partial charge < -0.3 is 15.2 Å². The first-order chi connectivity index (χ1) is 16.0. The zero-order chi connectivity index (χ0) is 24.7. The third-order valence-corrected chi connectivity index (χ3v) is 5.65. The molecule has 0 spiro atoms. The molecule has 0 radical (unpaired) electrons. The van der Waals surface area contributed by atoms with E-state index in [4.69, 9.17) is 0 Å². The Hall–Kier alpha value is -3.89. The number of nitrogens with one attached hydrogen (secondary N) is 1. The lowest BCUT2D eigenvalue weighted by atomic mass is 9.94. The molecule has 1 aromatic heterocycles. The van der Waals surface area contributed by atoms with E-state index in [1.54, 1.807) is 16.9 Å². The molecule has 34 heavy (non-hydrogen) atoms. The summed E-state index contributed by atoms with van der Waals surface area (Å²) in [4.78, 5) is 24.8. The Balaban J connectivity index is 1.58. The molecule has 2 aromatic carbocycles. The summed E-state index contributed by atoms with van der Waals surface area (Å²) in [6.07, 6.45) is -1.15. The third kappa shape index (κ3) is 4.59. The SMILES string of the molecule is CCn1cc(-c2ccc(NC(=O)C3(c4ccc(OC(F)(F)F)cc4F)CC3)cc2C(=O)O)cn1. The Morgan fingerprint density at radius 1 is 1.21 bits per heavy atom. The second-order valence-electron chi connectivity index (χ2n) is 7.88. The number of amides is 1. The largest absolute Gasteiger partial charge is 0.573 e. The lowest BCUT2D eigenvalue weighted by Gasteiger charge is -2.18. The van der Waals surface area contributed by atoms with Crippen LogP contribution in [-0.2, 0) is 16.8 Å². The number of aromatic carboxylic acids is 1. The predicted octanol–water partition coefficient (Wildman–Crippen LogP) is 4.98. The Bertz CT molecular complexity index is 1270. The van der Waals surface area contributed by atoms with Crippen molar-refractivity contribution in [2.24, 2.45) is 0 Å². The number of aryl methyl sites for hydroxylation is 1. The summed E-state index contributed by atoms with van der Waals surface area (Å²) in [7, 11) is 0. The van der Waals surface area contributed by atoms with Crippen molar-refractivity contribution >= 4 is 17.6 Å². The number of nitrogens with zero attached hydrogens (tertiary/aromatic N) is 2. The van der Waals surface area contributed by atoms with Gasteiger partial charge in [-0.25, -0.2) is 9.18 Å². The normalized spacial score (nSPS) is 14.5. The molecular weight excluding hydrogens is 458 g/mol. The first-order valence-electron chi connectivity index (χ1n) is 10.3. The van der Waals surface area contributed by atoms with Crippen LogP contribution in [0, 0.1) is 5.82 Å². The summed E-state index contributed by atoms with van der Waals surface area (Å²) in [5.74, 6) is -3.51. The minimum atomic E-state index is -4.97. The molecule has 178 valence electrons. The molecule has 0 bridgehead atoms. The van der Waals surface area contributed by atoms with Gasteiger partial charge >= 0.3 is 12.3 Å². The number of halogens is 4. The minimum Gasteiger partial charge on any atom is -0.478 e. The number of aromatic nitrogens is 2. The molecule has 1 saturated carbocycles. The fraction of sp³-hybridized carbons (Fsp3) is 0.261. The number of carbonyl (C=O) groups is 2. The Morgan fingerprint density at radius 2 is 1.94 bits per heavy atom. The van der Waals surface area contributed by atoms with Gasteiger partial charge in [0.25, 0.3) is 0 Å². The molecule has 7 nitrogen and oxygen atoms in total. The number of rotatable bonds is 7. The summed E-state index contributed by atoms with van der Waals surface area (Å²) in [6, 6.07) is 7.00. The number of carbonyl (C=O) groups excluding carboxylic acids is 1. The highest BCUT2D eigenvalue weighted by molar-refractivity contribution is 6.03. The standard InChI is InChI=1S/C23H19F4N3O4/c1-2-30-12-13(11-28-30)16-5-3-14(9-17(16)20(31)32)29-21(33)22(7-8-22)18-6-4-15(10-19(18)24)34-23(25,26)27/h3-6,9-12H,2,7-8H2,1H3,(H,29,33)(H,31,32). The summed E-state index contributed by atoms with van der Waals surface area (Å²) in [5, 5.41) is 16.4. The smallest absolute Gasteiger partial charge is 0.478 e. The van der Waals surface area contributed by atoms with E-state index in [1.165, 1.54) is 18.3 Å². The van der Waals surface area contributed by atoms with Crippen molar-refractivity contribution in [2.75, 3.05) is 5.32 Å². The molecule has 1 aliphatic rings. The fourth-order valence-corrected chi connectivity index (χ4v) is 3.80. The van der Waals surface area contributed by atoms with Gasteiger partial charge in [-0.05, 0) is 43.5 Å². The van der Waals surface area contributed by atoms with Gasteiger partial charge in [-0.15, -0.1) is 13.2 Å². The van der Waals surface area contributed by atoms with Crippen LogP contribution < -0.4 is 10.1 Å². The first kappa shape index (κ1) is 23.3. The Labute approximate surface area is 191 Å². The predicted molar refractivity (Wildman–Crippen MR) is 113 cm³/mol. The van der Waals surface area contributed by atoms with Crippen LogP contribution in [0.5, 0.6) is 5.75 Å². The van der Waals surface area contributed by atoms with E-state index in [1.807, 2.05) is 6.92 Å². The number of anilines is 1. The minimum absolute atomic E-state index is 0.0541. The van der Waals surface area contributed by atoms with Gasteiger partial charge in [0.2, 0.25) is 5.91 Å². The maximum Gasteiger partial charge on any atom is 0.573 e. The van der Waals surface area contributed by atoms with Crippen molar-refractivity contribution in [3.05, 3.63) is 65.7 Å². The van der Waals surface area contributed by atoms with Crippen LogP contribution in [0.25, 0.3) is 11.1 Å². The molecule has 1 fully saturated rings. The van der Waals surface area contributed by atoms with Crippen LogP contribution in [0.3, 0.4) is 0 Å². The average molecular weight is 477 g/mol. The van der Waals surface area contributed by atoms with Crippen molar-refractivity contribution in [1.82, 2.24) is 9.78 Å². The second kappa shape index (κ2) is 8.47. The van der Waals surface area contributed by atoms with E-state index in [0.717, 1.165) is 12.1 Å². The molecule has 3 aromatic rings. The van der Waals surface area contributed by atoms with Crippen LogP contribution in [0.15, 0.2) is 48.8 Å². The van der Waals surface area contributed by atoms with Crippen molar-refractivity contribution in [3.8, 4) is 16.9 Å². The highest BCUT2D eigenvalue weighted by Crippen LogP contribution is 2.50. The molecule has 0 atom stereocenters. The molecule has 2 N–H and O–H groups in total. The van der Waals surface area contributed by atoms with Gasteiger partial charge in [0.1, 0.15) is 11.6 Å². The van der Waals surface area contributed by atoms with Gasteiger partial charge in [-0.3, -0.25) is 9.48 Å². The molecule has 0 unspecified atom stereocenters. The number of ether oxygens (including phenoxy) is 1. The summed E-state index contributed by atoms with van der Waals surface area (Å²) in [6.45, 7) is 2.50. The number of hydrogen-bond acceptors (Lipinski definition) is 4. The zero-order valence-corrected chi connectivity index (χ0v) is 17.8. The van der Waals surface area contributed by atoms with E-state index in [9.17, 15) is 32.3 Å². The number of hydrogen-bond donors (Lipinski definition) is 2. The van der Waals surface area contributed by atoms with E-state index >= 15 is 0 Å². The number of benzene rings is 2. The molecule has 1 heterocycles. The number of carboxylic acids is 1. The van der Waals surface area contributed by atoms with Crippen LogP contribution in [0.2, 0.25) is 0 Å². The summed E-state index contributed by atoms with van der Waals surface area (Å²) < 4.78 is 57.1. The van der Waals surface area contributed by atoms with E-state index < -0.39 is 35.2 Å². The van der Waals surface area contributed by atoms with Crippen LogP contribution in [-0.4, -0.2) is 33.1 Å². The first-order valence-corrected chi connectivity index (χ1v) is 10.3. The lowest BCUT2D eigenvalue weighted by molar-refractivity contribution is -0.274. The van der Waals surface area contributed by atoms with Crippen molar-refractivity contribution in [2.45, 2.75) is 38.1 Å². The monoisotopic (exact) mass is 477 g/mol. The van der Waals surface area contributed by atoms with Crippen molar-refractivity contribution in [3.63, 3.8) is 0 Å². The zero-order valence-electron chi connectivity index (χ0n) is 17.8. The molecule has 1 aliphatic carbocycles. The molecule has 1 amide bonds. The van der Waals surface area contributed by atoms with E-state index in [2.05, 4.69) is 15.2 Å². The van der Waals surface area contributed by atoms with Gasteiger partial charge in [-0.2, -0.15) is 5.10 Å². The average Bonchev–Trinajstić information content (AvgIpc) is 3.42. The van der Waals surface area contributed by atoms with Crippen molar-refractivity contribution < 1.29 is 37.0 Å². The molecule has 11 heteroatoms. The van der Waals surface area contributed by atoms with Crippen molar-refractivity contribution in [1.29, 1.82) is 0 Å². The maximum absolute atomic E-state index is 14.6. The number of carboxylic acid groups (broad SMARTS) is 1. The highest BCUT2D eigenvalue weighted by atomic mass is 19.4. The molecule has 4 rings (SSSR count). The third-order valence-electron chi connectivity index (χ3n) is 5.65. The summed E-state index contributed by atoms with van der Waals surface area (Å²) in [5.41, 5.74) is -0.167. The van der Waals surface area contributed by atoms with E-state index in [-0.39, 0.29) is 29.7 Å². The van der Waals surface area contributed by atoms with Gasteiger partial charge in [0.15, 0.2) is 0 Å². The van der Waals surface area contributed by atoms with Gasteiger partial charge in [-0.1, -0.05) is 12.1 Å². The van der Waals surface area contributed by atoms with Crippen LogP contribution >= 0.6 is 0 Å².